The molecular formula is C50H36N2. The summed E-state index contributed by atoms with van der Waals surface area (Å²) in [5.74, 6) is 0.351. The second-order valence-electron chi connectivity index (χ2n) is 13.7. The molecule has 1 atom stereocenters. The van der Waals surface area contributed by atoms with Gasteiger partial charge in [0.05, 0.1) is 11.0 Å². The molecule has 1 heterocycles. The van der Waals surface area contributed by atoms with Crippen LogP contribution in [0.5, 0.6) is 0 Å². The molecule has 0 N–H and O–H groups in total. The molecule has 246 valence electrons. The van der Waals surface area contributed by atoms with Crippen molar-refractivity contribution in [2.45, 2.75) is 12.3 Å². The highest BCUT2D eigenvalue weighted by Gasteiger charge is 2.20. The maximum atomic E-state index is 2.40. The van der Waals surface area contributed by atoms with Gasteiger partial charge in [0, 0.05) is 39.4 Å². The molecule has 0 saturated carbocycles. The zero-order valence-electron chi connectivity index (χ0n) is 28.7. The maximum absolute atomic E-state index is 2.40. The summed E-state index contributed by atoms with van der Waals surface area (Å²) in [6.07, 6.45) is 5.58. The molecule has 1 aromatic heterocycles. The summed E-state index contributed by atoms with van der Waals surface area (Å²) in [6, 6.07) is 68.7. The first-order valence-corrected chi connectivity index (χ1v) is 18.1. The van der Waals surface area contributed by atoms with E-state index in [-0.39, 0.29) is 0 Å². The van der Waals surface area contributed by atoms with Crippen LogP contribution in [0.15, 0.2) is 194 Å². The summed E-state index contributed by atoms with van der Waals surface area (Å²) >= 11 is 0. The highest BCUT2D eigenvalue weighted by atomic mass is 15.1. The largest absolute Gasteiger partial charge is 0.310 e. The van der Waals surface area contributed by atoms with E-state index >= 15 is 0 Å². The van der Waals surface area contributed by atoms with Gasteiger partial charge < -0.3 is 9.47 Å². The van der Waals surface area contributed by atoms with Gasteiger partial charge in [0.1, 0.15) is 0 Å². The van der Waals surface area contributed by atoms with Crippen molar-refractivity contribution in [1.82, 2.24) is 4.57 Å². The normalized spacial score (nSPS) is 13.8. The maximum Gasteiger partial charge on any atom is 0.0541 e. The highest BCUT2D eigenvalue weighted by molar-refractivity contribution is 6.09. The van der Waals surface area contributed by atoms with Gasteiger partial charge in [-0.25, -0.2) is 0 Å². The lowest BCUT2D eigenvalue weighted by atomic mass is 9.82. The van der Waals surface area contributed by atoms with Crippen molar-refractivity contribution in [3.8, 4) is 16.8 Å². The fourth-order valence-electron chi connectivity index (χ4n) is 8.20. The van der Waals surface area contributed by atoms with E-state index in [2.05, 4.69) is 210 Å². The molecule has 0 bridgehead atoms. The lowest BCUT2D eigenvalue weighted by Gasteiger charge is -2.27. The first-order chi connectivity index (χ1) is 25.8. The molecule has 0 radical (unpaired) electrons. The number of aromatic nitrogens is 1. The van der Waals surface area contributed by atoms with Gasteiger partial charge in [-0.05, 0) is 106 Å². The van der Waals surface area contributed by atoms with Crippen molar-refractivity contribution in [2.75, 3.05) is 4.90 Å². The van der Waals surface area contributed by atoms with E-state index in [9.17, 15) is 0 Å². The predicted molar refractivity (Wildman–Crippen MR) is 220 cm³/mol. The second kappa shape index (κ2) is 12.6. The van der Waals surface area contributed by atoms with Crippen LogP contribution in [0.2, 0.25) is 0 Å². The molecule has 2 nitrogen and oxygen atoms in total. The minimum atomic E-state index is 0.351. The molecule has 1 unspecified atom stereocenters. The van der Waals surface area contributed by atoms with Crippen LogP contribution in [0, 0.1) is 0 Å². The van der Waals surface area contributed by atoms with E-state index in [0.29, 0.717) is 5.92 Å². The number of fused-ring (bicyclic) bond motifs is 5. The molecule has 2 heteroatoms. The van der Waals surface area contributed by atoms with Crippen molar-refractivity contribution in [3.63, 3.8) is 0 Å². The molecule has 0 saturated heterocycles. The smallest absolute Gasteiger partial charge is 0.0541 e. The monoisotopic (exact) mass is 664 g/mol. The van der Waals surface area contributed by atoms with Crippen molar-refractivity contribution < 1.29 is 0 Å². The second-order valence-corrected chi connectivity index (χ2v) is 13.7. The number of anilines is 3. The number of hydrogen-bond acceptors (Lipinski definition) is 1. The van der Waals surface area contributed by atoms with Crippen molar-refractivity contribution in [2.24, 2.45) is 0 Å². The third-order valence-electron chi connectivity index (χ3n) is 10.7. The summed E-state index contributed by atoms with van der Waals surface area (Å²) < 4.78 is 2.40. The first kappa shape index (κ1) is 30.2. The van der Waals surface area contributed by atoms with Crippen molar-refractivity contribution in [3.05, 3.63) is 211 Å². The molecule has 0 spiro atoms. The molecule has 52 heavy (non-hydrogen) atoms. The fourth-order valence-corrected chi connectivity index (χ4v) is 8.20. The fraction of sp³-hybridized carbons (Fsp3) is 0.0400. The zero-order chi connectivity index (χ0) is 34.4. The lowest BCUT2D eigenvalue weighted by Crippen LogP contribution is -2.11. The summed E-state index contributed by atoms with van der Waals surface area (Å²) in [6.45, 7) is 0. The van der Waals surface area contributed by atoms with Gasteiger partial charge in [0.15, 0.2) is 0 Å². The van der Waals surface area contributed by atoms with Crippen molar-refractivity contribution >= 4 is 55.7 Å². The summed E-state index contributed by atoms with van der Waals surface area (Å²) in [5.41, 5.74) is 13.4. The van der Waals surface area contributed by atoms with E-state index in [4.69, 9.17) is 0 Å². The van der Waals surface area contributed by atoms with Gasteiger partial charge in [-0.2, -0.15) is 0 Å². The van der Waals surface area contributed by atoms with Crippen LogP contribution in [0.1, 0.15) is 29.0 Å². The molecule has 9 aromatic rings. The highest BCUT2D eigenvalue weighted by Crippen LogP contribution is 2.41. The topological polar surface area (TPSA) is 8.17 Å². The van der Waals surface area contributed by atoms with Crippen LogP contribution in [0.4, 0.5) is 17.1 Å². The summed E-state index contributed by atoms with van der Waals surface area (Å²) in [5, 5.41) is 5.04. The number of allylic oxidation sites excluding steroid dienone is 1. The van der Waals surface area contributed by atoms with Crippen LogP contribution in [-0.4, -0.2) is 4.57 Å². The Bertz CT molecular complexity index is 2710. The first-order valence-electron chi connectivity index (χ1n) is 18.1. The molecule has 0 aliphatic heterocycles. The molecule has 0 amide bonds. The lowest BCUT2D eigenvalue weighted by molar-refractivity contribution is 0.819. The number of nitrogens with zero attached hydrogens (tertiary/aromatic N) is 2. The number of benzene rings is 8. The molecule has 8 aromatic carbocycles. The number of rotatable bonds is 6. The minimum absolute atomic E-state index is 0.351. The Morgan fingerprint density at radius 1 is 0.462 bits per heavy atom. The summed E-state index contributed by atoms with van der Waals surface area (Å²) in [7, 11) is 0. The Labute approximate surface area is 304 Å². The SMILES string of the molecule is C1=Cc2ccccc2C(c2ccc(N(c3ccc(-c4ccc5ccccc5c4)cc3)c3cccc(-n4c5ccccc5c5ccccc54)c3)cc2)C1. The van der Waals surface area contributed by atoms with Crippen LogP contribution < -0.4 is 4.90 Å². The number of hydrogen-bond donors (Lipinski definition) is 0. The quantitative estimate of drug-likeness (QED) is 0.172. The van der Waals surface area contributed by atoms with Gasteiger partial charge in [-0.1, -0.05) is 140 Å². The van der Waals surface area contributed by atoms with Gasteiger partial charge in [0.2, 0.25) is 0 Å². The average molecular weight is 665 g/mol. The molecule has 10 rings (SSSR count). The zero-order valence-corrected chi connectivity index (χ0v) is 28.7. The van der Waals surface area contributed by atoms with Gasteiger partial charge in [-0.3, -0.25) is 0 Å². The summed E-state index contributed by atoms with van der Waals surface area (Å²) in [4.78, 5) is 2.39. The Balaban J connectivity index is 1.09. The van der Waals surface area contributed by atoms with E-state index < -0.39 is 0 Å². The Hall–Kier alpha value is -6.64. The minimum Gasteiger partial charge on any atom is -0.310 e. The molecule has 1 aliphatic rings. The van der Waals surface area contributed by atoms with Gasteiger partial charge in [-0.15, -0.1) is 0 Å². The standard InChI is InChI=1S/C50H36N2/c1-2-13-39-33-40(24-23-35(39)11-1)36-25-29-41(30-26-36)51(42-31-27-38(28-32-42)46-20-9-14-37-12-3-4-17-45(37)46)43-15-10-16-44(34-43)52-49-21-7-5-18-47(49)48-19-6-8-22-50(48)52/h1-19,21-34,46H,20H2. The van der Waals surface area contributed by atoms with Crippen LogP contribution >= 0.6 is 0 Å². The van der Waals surface area contributed by atoms with E-state index in [1.54, 1.807) is 0 Å². The molecule has 0 fully saturated rings. The van der Waals surface area contributed by atoms with Gasteiger partial charge in [0.25, 0.3) is 0 Å². The number of para-hydroxylation sites is 2. The third-order valence-corrected chi connectivity index (χ3v) is 10.7. The predicted octanol–water partition coefficient (Wildman–Crippen LogP) is 13.6. The van der Waals surface area contributed by atoms with Crippen LogP contribution in [-0.2, 0) is 0 Å². The van der Waals surface area contributed by atoms with Crippen molar-refractivity contribution in [1.29, 1.82) is 0 Å². The van der Waals surface area contributed by atoms with E-state index in [1.165, 1.54) is 60.4 Å². The Morgan fingerprint density at radius 3 is 1.87 bits per heavy atom. The Kier molecular flexibility index (Phi) is 7.32. The van der Waals surface area contributed by atoms with E-state index in [0.717, 1.165) is 29.2 Å². The third kappa shape index (κ3) is 5.20. The molecular weight excluding hydrogens is 629 g/mol. The van der Waals surface area contributed by atoms with Crippen LogP contribution in [0.3, 0.4) is 0 Å². The van der Waals surface area contributed by atoms with Crippen LogP contribution in [0.25, 0.3) is 55.5 Å². The average Bonchev–Trinajstić information content (AvgIpc) is 3.56. The Morgan fingerprint density at radius 2 is 1.10 bits per heavy atom. The molecule has 1 aliphatic carbocycles. The van der Waals surface area contributed by atoms with Gasteiger partial charge >= 0.3 is 0 Å². The van der Waals surface area contributed by atoms with E-state index in [1.807, 2.05) is 0 Å².